The van der Waals surface area contributed by atoms with E-state index in [1.807, 2.05) is 24.3 Å². The van der Waals surface area contributed by atoms with Crippen molar-refractivity contribution in [2.24, 2.45) is 0 Å². The normalized spacial score (nSPS) is 12.6. The zero-order valence-corrected chi connectivity index (χ0v) is 14.9. The Labute approximate surface area is 145 Å². The van der Waals surface area contributed by atoms with E-state index in [0.29, 0.717) is 6.04 Å². The fourth-order valence-electron chi connectivity index (χ4n) is 2.24. The van der Waals surface area contributed by atoms with Gasteiger partial charge in [-0.2, -0.15) is 0 Å². The van der Waals surface area contributed by atoms with Crippen molar-refractivity contribution >= 4 is 46.1 Å². The van der Waals surface area contributed by atoms with Gasteiger partial charge in [-0.25, -0.2) is 0 Å². The lowest BCUT2D eigenvalue weighted by Gasteiger charge is -2.19. The zero-order chi connectivity index (χ0) is 15.2. The van der Waals surface area contributed by atoms with Crippen LogP contribution in [0.4, 0.5) is 0 Å². The van der Waals surface area contributed by atoms with Gasteiger partial charge >= 0.3 is 0 Å². The molecule has 1 nitrogen and oxygen atoms in total. The zero-order valence-electron chi connectivity index (χ0n) is 11.8. The summed E-state index contributed by atoms with van der Waals surface area (Å²) >= 11 is 20.2. The molecule has 21 heavy (non-hydrogen) atoms. The highest BCUT2D eigenvalue weighted by Gasteiger charge is 2.15. The molecular weight excluding hydrogens is 345 g/mol. The van der Waals surface area contributed by atoms with E-state index < -0.39 is 0 Å². The van der Waals surface area contributed by atoms with Crippen LogP contribution in [0.3, 0.4) is 0 Å². The lowest BCUT2D eigenvalue weighted by molar-refractivity contribution is 0.507. The van der Waals surface area contributed by atoms with Crippen molar-refractivity contribution in [3.05, 3.63) is 55.2 Å². The Morgan fingerprint density at radius 1 is 1.05 bits per heavy atom. The Morgan fingerprint density at radius 3 is 2.33 bits per heavy atom. The van der Waals surface area contributed by atoms with Crippen LogP contribution >= 0.6 is 46.1 Å². The van der Waals surface area contributed by atoms with Gasteiger partial charge in [0.15, 0.2) is 0 Å². The van der Waals surface area contributed by atoms with Gasteiger partial charge in [-0.05, 0) is 55.6 Å². The Morgan fingerprint density at radius 2 is 1.76 bits per heavy atom. The predicted octanol–water partition coefficient (Wildman–Crippen LogP) is 5.86. The van der Waals surface area contributed by atoms with E-state index in [-0.39, 0.29) is 0 Å². The second kappa shape index (κ2) is 8.40. The summed E-state index contributed by atoms with van der Waals surface area (Å²) in [4.78, 5) is 1.27. The molecule has 0 bridgehead atoms. The van der Waals surface area contributed by atoms with Crippen LogP contribution in [0.25, 0.3) is 0 Å². The van der Waals surface area contributed by atoms with E-state index >= 15 is 0 Å². The minimum atomic E-state index is 0.303. The molecule has 1 aromatic heterocycles. The van der Waals surface area contributed by atoms with Crippen LogP contribution in [0.5, 0.6) is 0 Å². The molecule has 0 aliphatic carbocycles. The Balaban J connectivity index is 2.12. The van der Waals surface area contributed by atoms with Crippen molar-refractivity contribution in [2.45, 2.75) is 32.2 Å². The number of hydrogen-bond acceptors (Lipinski definition) is 2. The van der Waals surface area contributed by atoms with E-state index in [1.165, 1.54) is 4.88 Å². The van der Waals surface area contributed by atoms with Crippen molar-refractivity contribution in [1.29, 1.82) is 0 Å². The number of nitrogens with one attached hydrogen (secondary N) is 1. The molecule has 1 aromatic carbocycles. The molecule has 1 unspecified atom stereocenters. The second-order valence-electron chi connectivity index (χ2n) is 4.97. The molecule has 1 atom stereocenters. The van der Waals surface area contributed by atoms with Crippen LogP contribution in [0, 0.1) is 0 Å². The molecule has 0 fully saturated rings. The summed E-state index contributed by atoms with van der Waals surface area (Å²) in [5.41, 5.74) is 1.01. The van der Waals surface area contributed by atoms with Gasteiger partial charge in [-0.15, -0.1) is 11.3 Å². The van der Waals surface area contributed by atoms with E-state index in [1.54, 1.807) is 11.3 Å². The summed E-state index contributed by atoms with van der Waals surface area (Å²) in [6.07, 6.45) is 2.84. The van der Waals surface area contributed by atoms with E-state index in [2.05, 4.69) is 18.3 Å². The third kappa shape index (κ3) is 5.15. The lowest BCUT2D eigenvalue weighted by atomic mass is 10.0. The van der Waals surface area contributed by atoms with Gasteiger partial charge in [-0.3, -0.25) is 0 Å². The van der Waals surface area contributed by atoms with Crippen LogP contribution in [0.2, 0.25) is 14.4 Å². The molecule has 0 spiro atoms. The molecule has 0 aliphatic rings. The van der Waals surface area contributed by atoms with Crippen molar-refractivity contribution < 1.29 is 0 Å². The van der Waals surface area contributed by atoms with Gasteiger partial charge in [0.05, 0.1) is 4.34 Å². The molecule has 0 saturated carbocycles. The quantitative estimate of drug-likeness (QED) is 0.650. The first-order chi connectivity index (χ1) is 10.1. The van der Waals surface area contributed by atoms with Gasteiger partial charge in [-0.1, -0.05) is 47.8 Å². The van der Waals surface area contributed by atoms with Gasteiger partial charge < -0.3 is 5.32 Å². The van der Waals surface area contributed by atoms with Crippen LogP contribution in [0.1, 0.15) is 23.8 Å². The molecule has 5 heteroatoms. The standard InChI is InChI=1S/C16H18Cl3NS/c1-2-8-20-11(9-12-6-7-16(19)21-12)10-13-14(17)4-3-5-15(13)18/h3-7,11,20H,2,8-10H2,1H3. The summed E-state index contributed by atoms with van der Waals surface area (Å²) in [5.74, 6) is 0. The molecule has 2 aromatic rings. The van der Waals surface area contributed by atoms with Gasteiger partial charge in [0, 0.05) is 21.0 Å². The topological polar surface area (TPSA) is 12.0 Å². The van der Waals surface area contributed by atoms with Crippen LogP contribution in [-0.2, 0) is 12.8 Å². The average molecular weight is 363 g/mol. The molecule has 1 N–H and O–H groups in total. The Kier molecular flexibility index (Phi) is 6.84. The highest BCUT2D eigenvalue weighted by atomic mass is 35.5. The van der Waals surface area contributed by atoms with Crippen molar-refractivity contribution in [2.75, 3.05) is 6.54 Å². The molecule has 1 heterocycles. The minimum Gasteiger partial charge on any atom is -0.313 e. The summed E-state index contributed by atoms with van der Waals surface area (Å²) < 4.78 is 0.829. The summed E-state index contributed by atoms with van der Waals surface area (Å²) in [5, 5.41) is 5.04. The molecular formula is C16H18Cl3NS. The summed E-state index contributed by atoms with van der Waals surface area (Å²) in [7, 11) is 0. The number of halogens is 3. The number of rotatable bonds is 7. The largest absolute Gasteiger partial charge is 0.313 e. The first-order valence-electron chi connectivity index (χ1n) is 7.00. The molecule has 114 valence electrons. The molecule has 0 saturated heterocycles. The third-order valence-electron chi connectivity index (χ3n) is 3.27. The predicted molar refractivity (Wildman–Crippen MR) is 95.3 cm³/mol. The molecule has 2 rings (SSSR count). The van der Waals surface area contributed by atoms with E-state index in [4.69, 9.17) is 34.8 Å². The van der Waals surface area contributed by atoms with Crippen LogP contribution < -0.4 is 5.32 Å². The van der Waals surface area contributed by atoms with Gasteiger partial charge in [0.2, 0.25) is 0 Å². The van der Waals surface area contributed by atoms with Crippen LogP contribution in [0.15, 0.2) is 30.3 Å². The minimum absolute atomic E-state index is 0.303. The maximum absolute atomic E-state index is 6.28. The van der Waals surface area contributed by atoms with E-state index in [0.717, 1.165) is 45.8 Å². The smallest absolute Gasteiger partial charge is 0.0931 e. The highest BCUT2D eigenvalue weighted by Crippen LogP contribution is 2.28. The van der Waals surface area contributed by atoms with Gasteiger partial charge in [0.1, 0.15) is 0 Å². The maximum Gasteiger partial charge on any atom is 0.0931 e. The lowest BCUT2D eigenvalue weighted by Crippen LogP contribution is -2.33. The SMILES string of the molecule is CCCNC(Cc1ccc(Cl)s1)Cc1c(Cl)cccc1Cl. The highest BCUT2D eigenvalue weighted by molar-refractivity contribution is 7.16. The van der Waals surface area contributed by atoms with Crippen molar-refractivity contribution in [1.82, 2.24) is 5.32 Å². The molecule has 0 amide bonds. The molecule has 0 radical (unpaired) electrons. The summed E-state index contributed by atoms with van der Waals surface area (Å²) in [6, 6.07) is 9.99. The molecule has 0 aliphatic heterocycles. The van der Waals surface area contributed by atoms with Crippen LogP contribution in [-0.4, -0.2) is 12.6 Å². The third-order valence-corrected chi connectivity index (χ3v) is 5.23. The average Bonchev–Trinajstić information content (AvgIpc) is 2.85. The van der Waals surface area contributed by atoms with Crippen molar-refractivity contribution in [3.63, 3.8) is 0 Å². The monoisotopic (exact) mass is 361 g/mol. The Hall–Kier alpha value is -0.250. The van der Waals surface area contributed by atoms with Crippen molar-refractivity contribution in [3.8, 4) is 0 Å². The fourth-order valence-corrected chi connectivity index (χ4v) is 3.96. The first kappa shape index (κ1) is 17.1. The number of thiophene rings is 1. The number of hydrogen-bond donors (Lipinski definition) is 1. The Bertz CT molecular complexity index is 562. The number of benzene rings is 1. The maximum atomic E-state index is 6.28. The fraction of sp³-hybridized carbons (Fsp3) is 0.375. The van der Waals surface area contributed by atoms with E-state index in [9.17, 15) is 0 Å². The summed E-state index contributed by atoms with van der Waals surface area (Å²) in [6.45, 7) is 3.14. The first-order valence-corrected chi connectivity index (χ1v) is 8.95. The second-order valence-corrected chi connectivity index (χ2v) is 7.58. The van der Waals surface area contributed by atoms with Gasteiger partial charge in [0.25, 0.3) is 0 Å².